The van der Waals surface area contributed by atoms with Crippen molar-refractivity contribution in [2.75, 3.05) is 24.9 Å². The van der Waals surface area contributed by atoms with E-state index in [0.29, 0.717) is 28.4 Å². The molecular formula is C40H34N4O5S. The van der Waals surface area contributed by atoms with Gasteiger partial charge in [0.15, 0.2) is 0 Å². The molecule has 1 atom stereocenters. The summed E-state index contributed by atoms with van der Waals surface area (Å²) in [6, 6.07) is 38.3. The quantitative estimate of drug-likeness (QED) is 0.0766. The number of thioether (sulfide) groups is 1. The van der Waals surface area contributed by atoms with Crippen LogP contribution in [0.1, 0.15) is 26.7 Å². The molecular weight excluding hydrogens is 649 g/mol. The van der Waals surface area contributed by atoms with Crippen molar-refractivity contribution < 1.29 is 23.9 Å². The first-order valence-corrected chi connectivity index (χ1v) is 16.6. The normalized spacial score (nSPS) is 11.8. The van der Waals surface area contributed by atoms with Crippen LogP contribution in [0.3, 0.4) is 0 Å². The van der Waals surface area contributed by atoms with Crippen molar-refractivity contribution in [3.63, 3.8) is 0 Å². The lowest BCUT2D eigenvalue weighted by Gasteiger charge is -2.19. The first kappa shape index (κ1) is 33.6. The molecule has 0 saturated carbocycles. The Balaban J connectivity index is 1.22. The van der Waals surface area contributed by atoms with E-state index in [9.17, 15) is 14.4 Å². The Labute approximate surface area is 293 Å². The molecule has 3 amide bonds. The number of carbonyl (C=O) groups is 3. The van der Waals surface area contributed by atoms with E-state index in [-0.39, 0.29) is 11.6 Å². The number of anilines is 2. The van der Waals surface area contributed by atoms with Gasteiger partial charge >= 0.3 is 0 Å². The van der Waals surface area contributed by atoms with Crippen molar-refractivity contribution in [2.24, 2.45) is 0 Å². The van der Waals surface area contributed by atoms with E-state index in [2.05, 4.69) is 20.9 Å². The number of aromatic amines is 1. The Morgan fingerprint density at radius 1 is 0.760 bits per heavy atom. The van der Waals surface area contributed by atoms with E-state index in [1.54, 1.807) is 81.1 Å². The third kappa shape index (κ3) is 8.05. The summed E-state index contributed by atoms with van der Waals surface area (Å²) in [4.78, 5) is 44.5. The number of amides is 3. The smallest absolute Gasteiger partial charge is 0.272 e. The summed E-state index contributed by atoms with van der Waals surface area (Å²) >= 11 is 1.37. The molecule has 0 aliphatic carbocycles. The molecule has 6 rings (SSSR count). The van der Waals surface area contributed by atoms with Gasteiger partial charge in [-0.25, -0.2) is 0 Å². The van der Waals surface area contributed by atoms with E-state index in [0.717, 1.165) is 26.9 Å². The van der Waals surface area contributed by atoms with Crippen LogP contribution in [0.25, 0.3) is 17.0 Å². The van der Waals surface area contributed by atoms with Crippen molar-refractivity contribution in [1.29, 1.82) is 0 Å². The van der Waals surface area contributed by atoms with Gasteiger partial charge in [-0.05, 0) is 66.2 Å². The van der Waals surface area contributed by atoms with Crippen LogP contribution in [-0.2, 0) is 9.59 Å². The molecule has 1 heterocycles. The molecule has 6 aromatic rings. The van der Waals surface area contributed by atoms with Gasteiger partial charge in [0.25, 0.3) is 11.8 Å². The molecule has 0 aliphatic rings. The summed E-state index contributed by atoms with van der Waals surface area (Å²) in [7, 11) is 3.10. The number of para-hydroxylation sites is 1. The second-order valence-electron chi connectivity index (χ2n) is 11.1. The molecule has 10 heteroatoms. The van der Waals surface area contributed by atoms with Gasteiger partial charge < -0.3 is 30.4 Å². The molecule has 1 aromatic heterocycles. The van der Waals surface area contributed by atoms with E-state index in [1.165, 1.54) is 11.8 Å². The number of methoxy groups -OCH3 is 2. The Kier molecular flexibility index (Phi) is 10.6. The number of hydrogen-bond acceptors (Lipinski definition) is 6. The molecule has 9 nitrogen and oxygen atoms in total. The summed E-state index contributed by atoms with van der Waals surface area (Å²) in [5.74, 6) is -0.0497. The summed E-state index contributed by atoms with van der Waals surface area (Å²) in [5.41, 5.74) is 3.99. The topological polar surface area (TPSA) is 122 Å². The van der Waals surface area contributed by atoms with Crippen LogP contribution >= 0.6 is 11.8 Å². The number of fused-ring (bicyclic) bond motifs is 1. The highest BCUT2D eigenvalue weighted by atomic mass is 32.2. The predicted molar refractivity (Wildman–Crippen MR) is 198 cm³/mol. The molecule has 0 radical (unpaired) electrons. The molecule has 0 unspecified atom stereocenters. The first-order valence-electron chi connectivity index (χ1n) is 15.7. The molecule has 250 valence electrons. The summed E-state index contributed by atoms with van der Waals surface area (Å²) in [6.07, 6.45) is 3.45. The van der Waals surface area contributed by atoms with Crippen LogP contribution in [0.4, 0.5) is 11.4 Å². The van der Waals surface area contributed by atoms with E-state index in [4.69, 9.17) is 9.47 Å². The first-order chi connectivity index (χ1) is 24.4. The fourth-order valence-electron chi connectivity index (χ4n) is 5.27. The lowest BCUT2D eigenvalue weighted by atomic mass is 10.1. The maximum absolute atomic E-state index is 13.7. The largest absolute Gasteiger partial charge is 0.497 e. The fraction of sp³-hybridized carbons (Fsp3) is 0.0750. The van der Waals surface area contributed by atoms with Gasteiger partial charge in [-0.2, -0.15) is 0 Å². The maximum Gasteiger partial charge on any atom is 0.272 e. The van der Waals surface area contributed by atoms with Crippen molar-refractivity contribution in [3.05, 3.63) is 156 Å². The SMILES string of the molecule is COc1ccc(OC)c(NC(=O)[C@@H](Sc2ccc(NC(=O)/C(=C\c3c[nH]c4ccccc34)NC(=O)c3ccccc3)cc2)c2ccccc2)c1. The van der Waals surface area contributed by atoms with Gasteiger partial charge in [-0.3, -0.25) is 14.4 Å². The van der Waals surface area contributed by atoms with Crippen LogP contribution in [0.2, 0.25) is 0 Å². The standard InChI is InChI=1S/C40H34N4O5S/c1-48-30-19-22-36(49-2)34(24-30)43-40(47)37(26-11-5-3-6-12-26)50-31-20-17-29(18-21-31)42-39(46)35(44-38(45)27-13-7-4-8-14-27)23-28-25-41-33-16-10-9-15-32(28)33/h3-25,37,41H,1-2H3,(H,42,46)(H,43,47)(H,44,45)/b35-23+/t37-/m0/s1. The maximum atomic E-state index is 13.7. The predicted octanol–water partition coefficient (Wildman–Crippen LogP) is 8.07. The van der Waals surface area contributed by atoms with Crippen LogP contribution in [0.5, 0.6) is 11.5 Å². The zero-order valence-corrected chi connectivity index (χ0v) is 28.1. The lowest BCUT2D eigenvalue weighted by Crippen LogP contribution is -2.30. The van der Waals surface area contributed by atoms with Crippen LogP contribution < -0.4 is 25.4 Å². The van der Waals surface area contributed by atoms with Gasteiger partial charge in [-0.1, -0.05) is 66.7 Å². The Hall–Kier alpha value is -6.26. The molecule has 0 spiro atoms. The zero-order valence-electron chi connectivity index (χ0n) is 27.3. The number of rotatable bonds is 12. The highest BCUT2D eigenvalue weighted by Crippen LogP contribution is 2.38. The van der Waals surface area contributed by atoms with Crippen LogP contribution in [-0.4, -0.2) is 36.9 Å². The highest BCUT2D eigenvalue weighted by molar-refractivity contribution is 8.00. The van der Waals surface area contributed by atoms with Gasteiger partial charge in [0.1, 0.15) is 22.4 Å². The molecule has 0 bridgehead atoms. The molecule has 0 fully saturated rings. The number of ether oxygens (including phenoxy) is 2. The number of hydrogen-bond donors (Lipinski definition) is 4. The third-order valence-corrected chi connectivity index (χ3v) is 9.09. The minimum absolute atomic E-state index is 0.0795. The van der Waals surface area contributed by atoms with Crippen LogP contribution in [0.15, 0.2) is 144 Å². The lowest BCUT2D eigenvalue weighted by molar-refractivity contribution is -0.116. The Morgan fingerprint density at radius 3 is 2.18 bits per heavy atom. The fourth-order valence-corrected chi connectivity index (χ4v) is 6.30. The molecule has 4 N–H and O–H groups in total. The second-order valence-corrected chi connectivity index (χ2v) is 12.3. The minimum Gasteiger partial charge on any atom is -0.497 e. The van der Waals surface area contributed by atoms with Crippen molar-refractivity contribution in [1.82, 2.24) is 10.3 Å². The third-order valence-electron chi connectivity index (χ3n) is 7.82. The number of H-pyrrole nitrogens is 1. The molecule has 5 aromatic carbocycles. The number of aromatic nitrogens is 1. The van der Waals surface area contributed by atoms with Crippen molar-refractivity contribution in [2.45, 2.75) is 10.1 Å². The summed E-state index contributed by atoms with van der Waals surface area (Å²) < 4.78 is 10.8. The van der Waals surface area contributed by atoms with Gasteiger partial charge in [0, 0.05) is 44.9 Å². The Morgan fingerprint density at radius 2 is 1.46 bits per heavy atom. The monoisotopic (exact) mass is 682 g/mol. The van der Waals surface area contributed by atoms with Crippen molar-refractivity contribution >= 4 is 57.8 Å². The van der Waals surface area contributed by atoms with Gasteiger partial charge in [-0.15, -0.1) is 11.8 Å². The van der Waals surface area contributed by atoms with E-state index >= 15 is 0 Å². The van der Waals surface area contributed by atoms with Gasteiger partial charge in [0.05, 0.1) is 19.9 Å². The average Bonchev–Trinajstić information content (AvgIpc) is 3.57. The molecule has 0 aliphatic heterocycles. The van der Waals surface area contributed by atoms with Crippen molar-refractivity contribution in [3.8, 4) is 11.5 Å². The van der Waals surface area contributed by atoms with Gasteiger partial charge in [0.2, 0.25) is 5.91 Å². The molecule has 0 saturated heterocycles. The number of benzene rings is 5. The number of carbonyl (C=O) groups excluding carboxylic acids is 3. The minimum atomic E-state index is -0.605. The average molecular weight is 683 g/mol. The molecule has 50 heavy (non-hydrogen) atoms. The number of nitrogens with one attached hydrogen (secondary N) is 4. The van der Waals surface area contributed by atoms with E-state index < -0.39 is 17.1 Å². The highest BCUT2D eigenvalue weighted by Gasteiger charge is 2.24. The summed E-state index contributed by atoms with van der Waals surface area (Å²) in [5, 5.41) is 9.00. The van der Waals surface area contributed by atoms with E-state index in [1.807, 2.05) is 72.8 Å². The summed E-state index contributed by atoms with van der Waals surface area (Å²) in [6.45, 7) is 0. The second kappa shape index (κ2) is 15.8. The van der Waals surface area contributed by atoms with Crippen LogP contribution in [0, 0.1) is 0 Å². The Bertz CT molecular complexity index is 2150. The zero-order chi connectivity index (χ0) is 34.9.